The first-order chi connectivity index (χ1) is 10.3. The zero-order valence-corrected chi connectivity index (χ0v) is 15.0. The molecule has 2 rings (SSSR count). The fourth-order valence-electron chi connectivity index (χ4n) is 2.71. The number of hydrogen-bond donors (Lipinski definition) is 2. The number of hydrogen-bond acceptors (Lipinski definition) is 4. The number of nitrogens with two attached hydrogens (primary N) is 1. The number of halogens is 1. The molecule has 1 aliphatic rings. The summed E-state index contributed by atoms with van der Waals surface area (Å²) in [6.45, 7) is 3.94. The van der Waals surface area contributed by atoms with Gasteiger partial charge in [-0.25, -0.2) is 8.42 Å². The molecule has 3 N–H and O–H groups in total. The molecular formula is C14H20BrN3O3S. The van der Waals surface area contributed by atoms with Crippen LogP contribution in [0.25, 0.3) is 0 Å². The van der Waals surface area contributed by atoms with Gasteiger partial charge in [-0.3, -0.25) is 4.79 Å². The van der Waals surface area contributed by atoms with Gasteiger partial charge in [-0.2, -0.15) is 4.31 Å². The highest BCUT2D eigenvalue weighted by molar-refractivity contribution is 9.10. The summed E-state index contributed by atoms with van der Waals surface area (Å²) in [4.78, 5) is 11.4. The van der Waals surface area contributed by atoms with Gasteiger partial charge in [0.1, 0.15) is 0 Å². The third-order valence-electron chi connectivity index (χ3n) is 3.76. The number of carbonyl (C=O) groups excluding carboxylic acids is 1. The average Bonchev–Trinajstić information content (AvgIpc) is 2.91. The number of sulfonamides is 1. The van der Waals surface area contributed by atoms with Gasteiger partial charge in [-0.05, 0) is 53.4 Å². The Kier molecular flexibility index (Phi) is 5.26. The first kappa shape index (κ1) is 17.4. The summed E-state index contributed by atoms with van der Waals surface area (Å²) >= 11 is 3.32. The van der Waals surface area contributed by atoms with Crippen molar-refractivity contribution in [3.05, 3.63) is 22.2 Å². The van der Waals surface area contributed by atoms with Crippen molar-refractivity contribution in [3.63, 3.8) is 0 Å². The maximum atomic E-state index is 12.9. The molecule has 22 heavy (non-hydrogen) atoms. The monoisotopic (exact) mass is 389 g/mol. The molecule has 1 aromatic rings. The van der Waals surface area contributed by atoms with Crippen LogP contribution >= 0.6 is 15.9 Å². The summed E-state index contributed by atoms with van der Waals surface area (Å²) in [7, 11) is -3.59. The first-order valence-corrected chi connectivity index (χ1v) is 9.30. The van der Waals surface area contributed by atoms with Crippen molar-refractivity contribution in [1.82, 2.24) is 4.31 Å². The minimum Gasteiger partial charge on any atom is -0.329 e. The quantitative estimate of drug-likeness (QED) is 0.821. The molecule has 1 fully saturated rings. The van der Waals surface area contributed by atoms with Crippen LogP contribution in [0, 0.1) is 6.92 Å². The highest BCUT2D eigenvalue weighted by Gasteiger charge is 2.35. The van der Waals surface area contributed by atoms with E-state index in [1.165, 1.54) is 11.2 Å². The summed E-state index contributed by atoms with van der Waals surface area (Å²) < 4.78 is 27.8. The van der Waals surface area contributed by atoms with E-state index in [2.05, 4.69) is 21.2 Å². The Hall–Kier alpha value is -0.960. The fraction of sp³-hybridized carbons (Fsp3) is 0.500. The van der Waals surface area contributed by atoms with E-state index in [0.29, 0.717) is 28.8 Å². The van der Waals surface area contributed by atoms with E-state index in [9.17, 15) is 13.2 Å². The van der Waals surface area contributed by atoms with Gasteiger partial charge in [-0.15, -0.1) is 0 Å². The molecule has 0 aliphatic carbocycles. The average molecular weight is 390 g/mol. The molecule has 1 atom stereocenters. The van der Waals surface area contributed by atoms with Crippen LogP contribution in [0.2, 0.25) is 0 Å². The van der Waals surface area contributed by atoms with E-state index in [1.54, 1.807) is 19.1 Å². The molecule has 1 saturated heterocycles. The zero-order chi connectivity index (χ0) is 16.5. The maximum absolute atomic E-state index is 12.9. The van der Waals surface area contributed by atoms with Crippen molar-refractivity contribution in [1.29, 1.82) is 0 Å². The number of benzene rings is 1. The van der Waals surface area contributed by atoms with Gasteiger partial charge in [0.15, 0.2) is 0 Å². The van der Waals surface area contributed by atoms with Crippen molar-refractivity contribution >= 4 is 37.5 Å². The molecule has 0 aromatic heterocycles. The number of rotatable bonds is 4. The van der Waals surface area contributed by atoms with Crippen molar-refractivity contribution in [2.75, 3.05) is 18.4 Å². The number of nitrogens with one attached hydrogen (secondary N) is 1. The van der Waals surface area contributed by atoms with Crippen molar-refractivity contribution in [3.8, 4) is 0 Å². The Morgan fingerprint density at radius 2 is 2.18 bits per heavy atom. The Morgan fingerprint density at radius 1 is 1.50 bits per heavy atom. The standard InChI is InChI=1S/C14H20BrN3O3S/c1-9-6-13(17-10(2)19)12(15)7-14(9)22(20,21)18-5-3-4-11(18)8-16/h6-7,11H,3-5,8,16H2,1-2H3,(H,17,19). The van der Waals surface area contributed by atoms with E-state index < -0.39 is 10.0 Å². The molecule has 8 heteroatoms. The zero-order valence-electron chi connectivity index (χ0n) is 12.6. The molecule has 122 valence electrons. The second-order valence-electron chi connectivity index (χ2n) is 5.43. The SMILES string of the molecule is CC(=O)Nc1cc(C)c(S(=O)(=O)N2CCCC2CN)cc1Br. The summed E-state index contributed by atoms with van der Waals surface area (Å²) in [5, 5.41) is 2.67. The minimum atomic E-state index is -3.59. The maximum Gasteiger partial charge on any atom is 0.243 e. The molecular weight excluding hydrogens is 370 g/mol. The molecule has 1 aliphatic heterocycles. The van der Waals surface area contributed by atoms with Gasteiger partial charge in [0, 0.05) is 30.5 Å². The molecule has 1 heterocycles. The van der Waals surface area contributed by atoms with Crippen LogP contribution in [-0.2, 0) is 14.8 Å². The van der Waals surface area contributed by atoms with Crippen molar-refractivity contribution < 1.29 is 13.2 Å². The number of nitrogens with zero attached hydrogens (tertiary/aromatic N) is 1. The van der Waals surface area contributed by atoms with Crippen LogP contribution in [0.4, 0.5) is 5.69 Å². The minimum absolute atomic E-state index is 0.141. The molecule has 1 unspecified atom stereocenters. The van der Waals surface area contributed by atoms with Crippen LogP contribution in [0.3, 0.4) is 0 Å². The van der Waals surface area contributed by atoms with Gasteiger partial charge >= 0.3 is 0 Å². The second-order valence-corrected chi connectivity index (χ2v) is 8.14. The molecule has 0 spiro atoms. The van der Waals surface area contributed by atoms with Crippen molar-refractivity contribution in [2.45, 2.75) is 37.6 Å². The molecule has 1 amide bonds. The van der Waals surface area contributed by atoms with Crippen LogP contribution in [-0.4, -0.2) is 37.8 Å². The smallest absolute Gasteiger partial charge is 0.243 e. The lowest BCUT2D eigenvalue weighted by Gasteiger charge is -2.24. The van der Waals surface area contributed by atoms with Crippen LogP contribution in [0.5, 0.6) is 0 Å². The third kappa shape index (κ3) is 3.34. The number of aryl methyl sites for hydroxylation is 1. The second kappa shape index (κ2) is 6.66. The third-order valence-corrected chi connectivity index (χ3v) is 6.51. The van der Waals surface area contributed by atoms with E-state index in [4.69, 9.17) is 5.73 Å². The lowest BCUT2D eigenvalue weighted by Crippen LogP contribution is -2.40. The van der Waals surface area contributed by atoms with Gasteiger partial charge < -0.3 is 11.1 Å². The summed E-state index contributed by atoms with van der Waals surface area (Å²) in [5.74, 6) is -0.210. The summed E-state index contributed by atoms with van der Waals surface area (Å²) in [6, 6.07) is 3.06. The number of amides is 1. The fourth-order valence-corrected chi connectivity index (χ4v) is 5.25. The topological polar surface area (TPSA) is 92.5 Å². The van der Waals surface area contributed by atoms with E-state index in [0.717, 1.165) is 12.8 Å². The molecule has 0 radical (unpaired) electrons. The lowest BCUT2D eigenvalue weighted by molar-refractivity contribution is -0.114. The predicted octanol–water partition coefficient (Wildman–Crippen LogP) is 1.83. The van der Waals surface area contributed by atoms with Crippen LogP contribution in [0.1, 0.15) is 25.3 Å². The van der Waals surface area contributed by atoms with Gasteiger partial charge in [0.25, 0.3) is 0 Å². The molecule has 0 saturated carbocycles. The van der Waals surface area contributed by atoms with Crippen molar-refractivity contribution in [2.24, 2.45) is 5.73 Å². The Morgan fingerprint density at radius 3 is 2.77 bits per heavy atom. The van der Waals surface area contributed by atoms with E-state index in [-0.39, 0.29) is 16.8 Å². The first-order valence-electron chi connectivity index (χ1n) is 7.07. The Balaban J connectivity index is 2.43. The van der Waals surface area contributed by atoms with E-state index in [1.807, 2.05) is 0 Å². The molecule has 1 aromatic carbocycles. The highest BCUT2D eigenvalue weighted by Crippen LogP contribution is 2.33. The molecule has 0 bridgehead atoms. The molecule has 6 nitrogen and oxygen atoms in total. The largest absolute Gasteiger partial charge is 0.329 e. The summed E-state index contributed by atoms with van der Waals surface area (Å²) in [6.07, 6.45) is 1.62. The summed E-state index contributed by atoms with van der Waals surface area (Å²) in [5.41, 5.74) is 6.83. The predicted molar refractivity (Wildman–Crippen MR) is 89.2 cm³/mol. The number of anilines is 1. The number of carbonyl (C=O) groups is 1. The van der Waals surface area contributed by atoms with Crippen LogP contribution < -0.4 is 11.1 Å². The lowest BCUT2D eigenvalue weighted by atomic mass is 10.2. The van der Waals surface area contributed by atoms with Crippen LogP contribution in [0.15, 0.2) is 21.5 Å². The Bertz CT molecular complexity index is 691. The van der Waals surface area contributed by atoms with Gasteiger partial charge in [-0.1, -0.05) is 0 Å². The normalized spacial score (nSPS) is 19.4. The highest BCUT2D eigenvalue weighted by atomic mass is 79.9. The Labute approximate surface area is 139 Å². The van der Waals surface area contributed by atoms with E-state index >= 15 is 0 Å². The van der Waals surface area contributed by atoms with Gasteiger partial charge in [0.2, 0.25) is 15.9 Å². The van der Waals surface area contributed by atoms with Gasteiger partial charge in [0.05, 0.1) is 10.6 Å².